The third kappa shape index (κ3) is 5.00. The number of aromatic nitrogens is 2. The predicted octanol–water partition coefficient (Wildman–Crippen LogP) is 2.72. The zero-order valence-electron chi connectivity index (χ0n) is 18.5. The van der Waals surface area contributed by atoms with Crippen LogP contribution in [0.3, 0.4) is 0 Å². The molecule has 0 unspecified atom stereocenters. The number of anilines is 3. The number of H-pyrrole nitrogens is 1. The molecule has 168 valence electrons. The highest BCUT2D eigenvalue weighted by molar-refractivity contribution is 5.99. The van der Waals surface area contributed by atoms with Gasteiger partial charge >= 0.3 is 5.69 Å². The Hall–Kier alpha value is -3.03. The van der Waals surface area contributed by atoms with Crippen LogP contribution in [0.4, 0.5) is 17.2 Å². The van der Waals surface area contributed by atoms with Gasteiger partial charge in [0.15, 0.2) is 5.69 Å². The van der Waals surface area contributed by atoms with Crippen molar-refractivity contribution in [3.8, 4) is 0 Å². The molecule has 0 bridgehead atoms. The maximum absolute atomic E-state index is 13.6. The molecule has 0 saturated heterocycles. The topological polar surface area (TPSA) is 104 Å². The van der Waals surface area contributed by atoms with Gasteiger partial charge in [-0.1, -0.05) is 44.4 Å². The molecule has 0 atom stereocenters. The lowest BCUT2D eigenvalue weighted by Crippen LogP contribution is -2.49. The number of rotatable bonds is 9. The fraction of sp³-hybridized carbons (Fsp3) is 0.522. The van der Waals surface area contributed by atoms with E-state index in [1.54, 1.807) is 4.90 Å². The number of aromatic amines is 1. The van der Waals surface area contributed by atoms with Gasteiger partial charge in [0.25, 0.3) is 5.56 Å². The van der Waals surface area contributed by atoms with Crippen LogP contribution in [0.25, 0.3) is 0 Å². The van der Waals surface area contributed by atoms with E-state index in [0.717, 1.165) is 44.2 Å². The molecule has 1 heterocycles. The molecule has 1 aliphatic rings. The average Bonchev–Trinajstić information content (AvgIpc) is 3.29. The highest BCUT2D eigenvalue weighted by Crippen LogP contribution is 2.30. The number of para-hydroxylation sites is 1. The van der Waals surface area contributed by atoms with Crippen molar-refractivity contribution in [2.45, 2.75) is 65.0 Å². The van der Waals surface area contributed by atoms with Crippen LogP contribution in [0, 0.1) is 0 Å². The second-order valence-corrected chi connectivity index (χ2v) is 8.05. The standard InChI is InChI=1S/C23H33N5O3/c1-3-5-15-27-21(24)20(22(30)25-23(27)31)28(18-13-9-10-14-18)19(29)16-26(4-2)17-11-7-6-8-12-17/h6-8,11-12,18H,3-5,9-10,13-16,24H2,1-2H3,(H,25,30,31). The Labute approximate surface area is 182 Å². The molecule has 1 amide bonds. The molecule has 3 rings (SSSR count). The summed E-state index contributed by atoms with van der Waals surface area (Å²) in [6.07, 6.45) is 5.26. The SMILES string of the molecule is CCCCn1c(N)c(N(C(=O)CN(CC)c2ccccc2)C2CCCC2)c(=O)[nH]c1=O. The molecule has 31 heavy (non-hydrogen) atoms. The largest absolute Gasteiger partial charge is 0.383 e. The number of nitrogens with one attached hydrogen (secondary N) is 1. The number of carbonyl (C=O) groups is 1. The van der Waals surface area contributed by atoms with E-state index in [-0.39, 0.29) is 30.0 Å². The summed E-state index contributed by atoms with van der Waals surface area (Å²) < 4.78 is 1.38. The number of nitrogens with two attached hydrogens (primary N) is 1. The lowest BCUT2D eigenvalue weighted by molar-refractivity contribution is -0.117. The van der Waals surface area contributed by atoms with E-state index < -0.39 is 11.2 Å². The van der Waals surface area contributed by atoms with Crippen LogP contribution in [0.2, 0.25) is 0 Å². The van der Waals surface area contributed by atoms with Gasteiger partial charge in [-0.05, 0) is 38.3 Å². The predicted molar refractivity (Wildman–Crippen MR) is 125 cm³/mol. The number of amides is 1. The van der Waals surface area contributed by atoms with Crippen LogP contribution in [0.1, 0.15) is 52.4 Å². The number of hydrogen-bond acceptors (Lipinski definition) is 5. The highest BCUT2D eigenvalue weighted by atomic mass is 16.2. The number of carbonyl (C=O) groups excluding carboxylic acids is 1. The molecule has 1 aromatic carbocycles. The van der Waals surface area contributed by atoms with Gasteiger partial charge in [-0.3, -0.25) is 24.0 Å². The average molecular weight is 428 g/mol. The zero-order valence-corrected chi connectivity index (χ0v) is 18.5. The van der Waals surface area contributed by atoms with Gasteiger partial charge in [0.1, 0.15) is 5.82 Å². The maximum atomic E-state index is 13.6. The molecule has 1 saturated carbocycles. The molecule has 3 N–H and O–H groups in total. The van der Waals surface area contributed by atoms with E-state index in [1.807, 2.05) is 49.1 Å². The van der Waals surface area contributed by atoms with Gasteiger partial charge in [0.2, 0.25) is 5.91 Å². The summed E-state index contributed by atoms with van der Waals surface area (Å²) >= 11 is 0. The zero-order chi connectivity index (χ0) is 22.4. The summed E-state index contributed by atoms with van der Waals surface area (Å²) in [5, 5.41) is 0. The Morgan fingerprint density at radius 3 is 2.45 bits per heavy atom. The van der Waals surface area contributed by atoms with E-state index in [9.17, 15) is 14.4 Å². The molecule has 1 aromatic heterocycles. The third-order valence-corrected chi connectivity index (χ3v) is 5.98. The lowest BCUT2D eigenvalue weighted by atomic mass is 10.1. The van der Waals surface area contributed by atoms with Crippen LogP contribution in [-0.2, 0) is 11.3 Å². The van der Waals surface area contributed by atoms with Gasteiger partial charge in [0.05, 0.1) is 6.54 Å². The summed E-state index contributed by atoms with van der Waals surface area (Å²) in [6.45, 7) is 5.19. The van der Waals surface area contributed by atoms with Crippen molar-refractivity contribution < 1.29 is 4.79 Å². The molecular weight excluding hydrogens is 394 g/mol. The monoisotopic (exact) mass is 427 g/mol. The van der Waals surface area contributed by atoms with Crippen LogP contribution >= 0.6 is 0 Å². The number of benzene rings is 1. The second kappa shape index (κ2) is 10.3. The molecule has 8 nitrogen and oxygen atoms in total. The first-order valence-electron chi connectivity index (χ1n) is 11.2. The first-order valence-corrected chi connectivity index (χ1v) is 11.2. The van der Waals surface area contributed by atoms with E-state index in [4.69, 9.17) is 5.73 Å². The number of nitrogens with zero attached hydrogens (tertiary/aromatic N) is 3. The van der Waals surface area contributed by atoms with Crippen molar-refractivity contribution in [1.82, 2.24) is 9.55 Å². The third-order valence-electron chi connectivity index (χ3n) is 5.98. The molecular formula is C23H33N5O3. The lowest BCUT2D eigenvalue weighted by Gasteiger charge is -2.32. The van der Waals surface area contributed by atoms with E-state index in [1.165, 1.54) is 4.57 Å². The molecule has 0 spiro atoms. The first kappa shape index (κ1) is 22.7. The summed E-state index contributed by atoms with van der Waals surface area (Å²) in [5.41, 5.74) is 6.27. The number of unbranched alkanes of at least 4 members (excludes halogenated alkanes) is 1. The van der Waals surface area contributed by atoms with E-state index in [0.29, 0.717) is 13.1 Å². The Morgan fingerprint density at radius 2 is 1.84 bits per heavy atom. The van der Waals surface area contributed by atoms with Crippen molar-refractivity contribution >= 4 is 23.1 Å². The first-order chi connectivity index (χ1) is 15.0. The minimum atomic E-state index is -0.599. The Balaban J connectivity index is 2.01. The fourth-order valence-corrected chi connectivity index (χ4v) is 4.29. The van der Waals surface area contributed by atoms with Crippen LogP contribution in [0.15, 0.2) is 39.9 Å². The number of nitrogen functional groups attached to an aromatic ring is 1. The Morgan fingerprint density at radius 1 is 1.16 bits per heavy atom. The minimum absolute atomic E-state index is 0.0743. The van der Waals surface area contributed by atoms with Gasteiger partial charge in [-0.2, -0.15) is 0 Å². The second-order valence-electron chi connectivity index (χ2n) is 8.05. The maximum Gasteiger partial charge on any atom is 0.330 e. The van der Waals surface area contributed by atoms with Crippen molar-refractivity contribution in [1.29, 1.82) is 0 Å². The quantitative estimate of drug-likeness (QED) is 0.640. The van der Waals surface area contributed by atoms with E-state index >= 15 is 0 Å². The van der Waals surface area contributed by atoms with Gasteiger partial charge < -0.3 is 10.6 Å². The molecule has 1 fully saturated rings. The summed E-state index contributed by atoms with van der Waals surface area (Å²) in [6, 6.07) is 9.63. The van der Waals surface area contributed by atoms with Crippen molar-refractivity contribution in [2.75, 3.05) is 28.6 Å². The van der Waals surface area contributed by atoms with Crippen LogP contribution < -0.4 is 26.8 Å². The van der Waals surface area contributed by atoms with E-state index in [2.05, 4.69) is 4.98 Å². The van der Waals surface area contributed by atoms with Crippen molar-refractivity contribution in [3.63, 3.8) is 0 Å². The normalized spacial score (nSPS) is 14.0. The highest BCUT2D eigenvalue weighted by Gasteiger charge is 2.33. The fourth-order valence-electron chi connectivity index (χ4n) is 4.29. The Kier molecular flexibility index (Phi) is 7.55. The van der Waals surface area contributed by atoms with Crippen LogP contribution in [0.5, 0.6) is 0 Å². The van der Waals surface area contributed by atoms with Crippen LogP contribution in [-0.4, -0.2) is 34.6 Å². The molecule has 0 radical (unpaired) electrons. The molecule has 1 aliphatic carbocycles. The van der Waals surface area contributed by atoms with Crippen molar-refractivity contribution in [2.24, 2.45) is 0 Å². The number of hydrogen-bond donors (Lipinski definition) is 2. The van der Waals surface area contributed by atoms with Gasteiger partial charge in [-0.25, -0.2) is 4.79 Å². The van der Waals surface area contributed by atoms with Gasteiger partial charge in [0, 0.05) is 24.8 Å². The summed E-state index contributed by atoms with van der Waals surface area (Å²) in [5.74, 6) is -0.110. The summed E-state index contributed by atoms with van der Waals surface area (Å²) in [7, 11) is 0. The number of likely N-dealkylation sites (N-methyl/N-ethyl adjacent to an activating group) is 1. The van der Waals surface area contributed by atoms with Crippen molar-refractivity contribution in [3.05, 3.63) is 51.2 Å². The Bertz CT molecular complexity index is 993. The minimum Gasteiger partial charge on any atom is -0.383 e. The smallest absolute Gasteiger partial charge is 0.330 e. The molecule has 2 aromatic rings. The summed E-state index contributed by atoms with van der Waals surface area (Å²) in [4.78, 5) is 44.7. The molecule has 0 aliphatic heterocycles. The molecule has 8 heteroatoms. The van der Waals surface area contributed by atoms with Gasteiger partial charge in [-0.15, -0.1) is 0 Å².